The first-order valence-electron chi connectivity index (χ1n) is 20.3. The third-order valence-electron chi connectivity index (χ3n) is 12.1. The van der Waals surface area contributed by atoms with Crippen LogP contribution in [0.2, 0.25) is 0 Å². The molecule has 0 unspecified atom stereocenters. The molecule has 0 aliphatic rings. The monoisotopic (exact) mass is 748 g/mol. The van der Waals surface area contributed by atoms with E-state index in [-0.39, 0.29) is 0 Å². The Labute approximate surface area is 341 Å². The minimum atomic E-state index is 0.961. The molecule has 0 spiro atoms. The largest absolute Gasteiger partial charge is 0.309 e. The van der Waals surface area contributed by atoms with E-state index in [4.69, 9.17) is 4.98 Å². The van der Waals surface area contributed by atoms with Crippen molar-refractivity contribution >= 4 is 64.9 Å². The van der Waals surface area contributed by atoms with Gasteiger partial charge in [0.05, 0.1) is 22.4 Å². The Bertz CT molecular complexity index is 3540. The van der Waals surface area contributed by atoms with Crippen LogP contribution in [0, 0.1) is 0 Å². The molecule has 0 amide bonds. The third-order valence-corrected chi connectivity index (χ3v) is 12.1. The highest BCUT2D eigenvalue weighted by atomic mass is 15.0. The average Bonchev–Trinajstić information content (AvgIpc) is 3.65. The van der Waals surface area contributed by atoms with Crippen molar-refractivity contribution in [3.8, 4) is 50.5 Å². The number of rotatable bonds is 5. The Morgan fingerprint density at radius 3 is 1.59 bits per heavy atom. The number of aromatic nitrogens is 2. The lowest BCUT2D eigenvalue weighted by Gasteiger charge is -2.17. The van der Waals surface area contributed by atoms with Gasteiger partial charge in [-0.1, -0.05) is 176 Å². The molecule has 2 heteroatoms. The van der Waals surface area contributed by atoms with Crippen LogP contribution in [0.15, 0.2) is 218 Å². The second-order valence-electron chi connectivity index (χ2n) is 15.5. The maximum absolute atomic E-state index is 5.21. The Hall–Kier alpha value is -7.81. The number of benzene rings is 10. The van der Waals surface area contributed by atoms with Crippen LogP contribution >= 0.6 is 0 Å². The van der Waals surface area contributed by atoms with Crippen LogP contribution < -0.4 is 0 Å². The lowest BCUT2D eigenvalue weighted by Crippen LogP contribution is -1.94. The standard InChI is InChI=1S/C57H36N2/c1-3-15-38(16-4-1)53-34-43(35-54(58-53)39-17-5-2-6-18-39)45-23-13-24-50-46-20-9-10-21-47(46)52-33-41(28-31-51(52)57(45)50)42-27-30-49-48-22-11-12-25-55(48)59(56(49)36-42)44-29-26-37-14-7-8-19-40(37)32-44/h1-36H. The molecular weight excluding hydrogens is 713 g/mol. The van der Waals surface area contributed by atoms with E-state index < -0.39 is 0 Å². The summed E-state index contributed by atoms with van der Waals surface area (Å²) in [7, 11) is 0. The second-order valence-corrected chi connectivity index (χ2v) is 15.5. The Morgan fingerprint density at radius 1 is 0.288 bits per heavy atom. The van der Waals surface area contributed by atoms with Gasteiger partial charge in [0.15, 0.2) is 0 Å². The highest BCUT2D eigenvalue weighted by molar-refractivity contribution is 6.29. The van der Waals surface area contributed by atoms with Gasteiger partial charge in [-0.25, -0.2) is 4.98 Å². The van der Waals surface area contributed by atoms with E-state index in [0.29, 0.717) is 0 Å². The van der Waals surface area contributed by atoms with Gasteiger partial charge in [-0.3, -0.25) is 0 Å². The number of hydrogen-bond donors (Lipinski definition) is 0. The molecule has 0 aliphatic heterocycles. The van der Waals surface area contributed by atoms with Crippen molar-refractivity contribution in [1.82, 2.24) is 9.55 Å². The predicted octanol–water partition coefficient (Wildman–Crippen LogP) is 15.5. The SMILES string of the molecule is c1ccc(-c2cc(-c3cccc4c5ccccc5c5cc(-c6ccc7c8ccccc8n(-c8ccc9ccccc9c8)c7c6)ccc5c34)cc(-c3ccccc3)n2)cc1. The predicted molar refractivity (Wildman–Crippen MR) is 250 cm³/mol. The van der Waals surface area contributed by atoms with Crippen molar-refractivity contribution in [2.45, 2.75) is 0 Å². The van der Waals surface area contributed by atoms with Gasteiger partial charge in [0, 0.05) is 27.6 Å². The Balaban J connectivity index is 1.09. The average molecular weight is 749 g/mol. The molecule has 0 bridgehead atoms. The van der Waals surface area contributed by atoms with Crippen molar-refractivity contribution in [3.05, 3.63) is 218 Å². The van der Waals surface area contributed by atoms with Crippen LogP contribution in [0.25, 0.3) is 115 Å². The molecule has 2 aromatic heterocycles. The maximum atomic E-state index is 5.21. The zero-order valence-electron chi connectivity index (χ0n) is 32.2. The molecule has 0 N–H and O–H groups in total. The summed E-state index contributed by atoms with van der Waals surface area (Å²) in [6.45, 7) is 0. The van der Waals surface area contributed by atoms with Gasteiger partial charge in [-0.15, -0.1) is 0 Å². The van der Waals surface area contributed by atoms with Gasteiger partial charge in [0.1, 0.15) is 0 Å². The highest BCUT2D eigenvalue weighted by Gasteiger charge is 2.18. The number of fused-ring (bicyclic) bond motifs is 10. The molecule has 0 saturated heterocycles. The Morgan fingerprint density at radius 2 is 0.847 bits per heavy atom. The molecule has 2 heterocycles. The summed E-state index contributed by atoms with van der Waals surface area (Å²) in [5, 5.41) is 12.5. The van der Waals surface area contributed by atoms with Crippen LogP contribution in [-0.2, 0) is 0 Å². The molecule has 12 rings (SSSR count). The number of nitrogens with zero attached hydrogens (tertiary/aromatic N) is 2. The van der Waals surface area contributed by atoms with E-state index >= 15 is 0 Å². The minimum absolute atomic E-state index is 0.961. The fourth-order valence-electron chi connectivity index (χ4n) is 9.37. The van der Waals surface area contributed by atoms with E-state index in [9.17, 15) is 0 Å². The molecule has 12 aromatic rings. The first kappa shape index (κ1) is 33.3. The fourth-order valence-corrected chi connectivity index (χ4v) is 9.37. The van der Waals surface area contributed by atoms with Crippen LogP contribution in [-0.4, -0.2) is 9.55 Å². The molecule has 10 aromatic carbocycles. The van der Waals surface area contributed by atoms with Gasteiger partial charge in [-0.2, -0.15) is 0 Å². The normalized spacial score (nSPS) is 11.7. The van der Waals surface area contributed by atoms with E-state index in [1.165, 1.54) is 81.6 Å². The topological polar surface area (TPSA) is 17.8 Å². The van der Waals surface area contributed by atoms with E-state index in [1.54, 1.807) is 0 Å². The quantitative estimate of drug-likeness (QED) is 0.160. The summed E-state index contributed by atoms with van der Waals surface area (Å²) < 4.78 is 2.43. The van der Waals surface area contributed by atoms with Crippen molar-refractivity contribution in [2.75, 3.05) is 0 Å². The van der Waals surface area contributed by atoms with E-state index in [2.05, 4.69) is 223 Å². The van der Waals surface area contributed by atoms with Crippen LogP contribution in [0.1, 0.15) is 0 Å². The summed E-state index contributed by atoms with van der Waals surface area (Å²) in [4.78, 5) is 5.21. The zero-order chi connectivity index (χ0) is 38.9. The van der Waals surface area contributed by atoms with Crippen molar-refractivity contribution < 1.29 is 0 Å². The van der Waals surface area contributed by atoms with E-state index in [1.807, 2.05) is 0 Å². The highest BCUT2D eigenvalue weighted by Crippen LogP contribution is 2.43. The first-order valence-corrected chi connectivity index (χ1v) is 20.3. The van der Waals surface area contributed by atoms with Gasteiger partial charge >= 0.3 is 0 Å². The van der Waals surface area contributed by atoms with Crippen molar-refractivity contribution in [1.29, 1.82) is 0 Å². The first-order chi connectivity index (χ1) is 29.2. The summed E-state index contributed by atoms with van der Waals surface area (Å²) in [5.74, 6) is 0. The van der Waals surface area contributed by atoms with Gasteiger partial charge < -0.3 is 4.57 Å². The molecule has 0 fully saturated rings. The van der Waals surface area contributed by atoms with Crippen LogP contribution in [0.3, 0.4) is 0 Å². The van der Waals surface area contributed by atoms with Gasteiger partial charge in [-0.05, 0) is 108 Å². The van der Waals surface area contributed by atoms with Gasteiger partial charge in [0.2, 0.25) is 0 Å². The van der Waals surface area contributed by atoms with Crippen LogP contribution in [0.5, 0.6) is 0 Å². The summed E-state index contributed by atoms with van der Waals surface area (Å²) in [5.41, 5.74) is 12.4. The third kappa shape index (κ3) is 5.45. The molecule has 2 nitrogen and oxygen atoms in total. The number of para-hydroxylation sites is 1. The lowest BCUT2D eigenvalue weighted by atomic mass is 9.87. The number of hydrogen-bond acceptors (Lipinski definition) is 1. The smallest absolute Gasteiger partial charge is 0.0715 e. The maximum Gasteiger partial charge on any atom is 0.0715 e. The minimum Gasteiger partial charge on any atom is -0.309 e. The van der Waals surface area contributed by atoms with Crippen molar-refractivity contribution in [3.63, 3.8) is 0 Å². The molecule has 0 aliphatic carbocycles. The van der Waals surface area contributed by atoms with Gasteiger partial charge in [0.25, 0.3) is 0 Å². The summed E-state index contributed by atoms with van der Waals surface area (Å²) in [6.07, 6.45) is 0. The van der Waals surface area contributed by atoms with Crippen molar-refractivity contribution in [2.24, 2.45) is 0 Å². The molecule has 59 heavy (non-hydrogen) atoms. The molecular formula is C57H36N2. The molecule has 0 radical (unpaired) electrons. The van der Waals surface area contributed by atoms with E-state index in [0.717, 1.165) is 33.8 Å². The lowest BCUT2D eigenvalue weighted by molar-refractivity contribution is 1.19. The number of pyridine rings is 1. The van der Waals surface area contributed by atoms with Crippen LogP contribution in [0.4, 0.5) is 0 Å². The summed E-state index contributed by atoms with van der Waals surface area (Å²) in [6, 6.07) is 79.5. The zero-order valence-corrected chi connectivity index (χ0v) is 32.2. The second kappa shape index (κ2) is 13.4. The molecule has 0 saturated carbocycles. The fraction of sp³-hybridized carbons (Fsp3) is 0. The molecule has 274 valence electrons. The summed E-state index contributed by atoms with van der Waals surface area (Å²) >= 11 is 0. The molecule has 0 atom stereocenters. The Kier molecular flexibility index (Phi) is 7.57.